The van der Waals surface area contributed by atoms with Crippen molar-refractivity contribution < 1.29 is 14.3 Å². The molecule has 1 saturated heterocycles. The fraction of sp³-hybridized carbons (Fsp3) is 0.500. The molecule has 0 N–H and O–H groups in total. The van der Waals surface area contributed by atoms with E-state index in [0.29, 0.717) is 13.0 Å². The molecular formula is C14H16ClNO3. The first kappa shape index (κ1) is 12.8. The number of hydrogen-bond acceptors (Lipinski definition) is 4. The lowest BCUT2D eigenvalue weighted by Crippen LogP contribution is -2.33. The topological polar surface area (TPSA) is 38.8 Å². The fourth-order valence-electron chi connectivity index (χ4n) is 2.57. The molecular weight excluding hydrogens is 266 g/mol. The monoisotopic (exact) mass is 281 g/mol. The van der Waals surface area contributed by atoms with Gasteiger partial charge in [-0.1, -0.05) is 11.6 Å². The van der Waals surface area contributed by atoms with Crippen LogP contribution in [0, 0.1) is 0 Å². The Morgan fingerprint density at radius 3 is 3.11 bits per heavy atom. The van der Waals surface area contributed by atoms with Crippen molar-refractivity contribution in [1.29, 1.82) is 0 Å². The summed E-state index contributed by atoms with van der Waals surface area (Å²) in [7, 11) is 0. The summed E-state index contributed by atoms with van der Waals surface area (Å²) in [6.07, 6.45) is 1.38. The number of carbonyl (C=O) groups is 1. The van der Waals surface area contributed by atoms with Gasteiger partial charge in [-0.3, -0.25) is 9.69 Å². The summed E-state index contributed by atoms with van der Waals surface area (Å²) in [4.78, 5) is 13.4. The van der Waals surface area contributed by atoms with Crippen LogP contribution in [0.1, 0.15) is 18.4 Å². The Kier molecular flexibility index (Phi) is 3.62. The number of nitrogens with zero attached hydrogens (tertiary/aromatic N) is 1. The highest BCUT2D eigenvalue weighted by atomic mass is 35.5. The van der Waals surface area contributed by atoms with Gasteiger partial charge in [0, 0.05) is 36.6 Å². The van der Waals surface area contributed by atoms with Gasteiger partial charge >= 0.3 is 5.97 Å². The molecule has 0 amide bonds. The summed E-state index contributed by atoms with van der Waals surface area (Å²) in [5, 5.41) is 0.719. The number of carbonyl (C=O) groups excluding carboxylic acids is 1. The summed E-state index contributed by atoms with van der Waals surface area (Å²) in [5.41, 5.74) is 1.09. The van der Waals surface area contributed by atoms with E-state index in [0.717, 1.165) is 42.4 Å². The van der Waals surface area contributed by atoms with Crippen LogP contribution in [0.15, 0.2) is 18.2 Å². The molecule has 1 fully saturated rings. The zero-order chi connectivity index (χ0) is 13.2. The van der Waals surface area contributed by atoms with E-state index in [-0.39, 0.29) is 12.1 Å². The lowest BCUT2D eigenvalue weighted by molar-refractivity contribution is -0.142. The number of esters is 1. The SMILES string of the molecule is O=C1CC[C@@H](CN2CCOc3ccc(Cl)cc3C2)O1. The maximum Gasteiger partial charge on any atom is 0.306 e. The second kappa shape index (κ2) is 5.39. The zero-order valence-electron chi connectivity index (χ0n) is 10.6. The number of cyclic esters (lactones) is 1. The molecule has 0 saturated carbocycles. The maximum absolute atomic E-state index is 11.1. The van der Waals surface area contributed by atoms with E-state index in [1.54, 1.807) is 0 Å². The number of benzene rings is 1. The van der Waals surface area contributed by atoms with E-state index >= 15 is 0 Å². The largest absolute Gasteiger partial charge is 0.492 e. The van der Waals surface area contributed by atoms with Crippen LogP contribution in [-0.4, -0.2) is 36.7 Å². The third kappa shape index (κ3) is 3.01. The third-order valence-electron chi connectivity index (χ3n) is 3.51. The molecule has 2 heterocycles. The second-order valence-electron chi connectivity index (χ2n) is 4.99. The Balaban J connectivity index is 1.69. The maximum atomic E-state index is 11.1. The van der Waals surface area contributed by atoms with E-state index < -0.39 is 0 Å². The fourth-order valence-corrected chi connectivity index (χ4v) is 2.77. The first-order chi connectivity index (χ1) is 9.20. The molecule has 2 aliphatic rings. The summed E-state index contributed by atoms with van der Waals surface area (Å²) in [5.74, 6) is 0.815. The minimum atomic E-state index is -0.0838. The molecule has 19 heavy (non-hydrogen) atoms. The van der Waals surface area contributed by atoms with Gasteiger partial charge in [0.25, 0.3) is 0 Å². The highest BCUT2D eigenvalue weighted by Gasteiger charge is 2.26. The highest BCUT2D eigenvalue weighted by molar-refractivity contribution is 6.30. The van der Waals surface area contributed by atoms with Gasteiger partial charge in [-0.2, -0.15) is 0 Å². The van der Waals surface area contributed by atoms with Crippen molar-refractivity contribution in [2.75, 3.05) is 19.7 Å². The van der Waals surface area contributed by atoms with E-state index in [4.69, 9.17) is 21.1 Å². The van der Waals surface area contributed by atoms with Crippen molar-refractivity contribution in [2.24, 2.45) is 0 Å². The standard InChI is InChI=1S/C14H16ClNO3/c15-11-1-3-13-10(7-11)8-16(5-6-18-13)9-12-2-4-14(17)19-12/h1,3,7,12H,2,4-6,8-9H2/t12-/m0/s1. The molecule has 0 radical (unpaired) electrons. The van der Waals surface area contributed by atoms with E-state index in [1.807, 2.05) is 18.2 Å². The molecule has 102 valence electrons. The minimum absolute atomic E-state index is 0.0215. The zero-order valence-corrected chi connectivity index (χ0v) is 11.4. The molecule has 1 atom stereocenters. The van der Waals surface area contributed by atoms with Crippen molar-refractivity contribution in [2.45, 2.75) is 25.5 Å². The molecule has 0 spiro atoms. The predicted octanol–water partition coefficient (Wildman–Crippen LogP) is 2.24. The molecule has 3 rings (SSSR count). The Hall–Kier alpha value is -1.26. The Morgan fingerprint density at radius 1 is 1.42 bits per heavy atom. The predicted molar refractivity (Wildman–Crippen MR) is 71.3 cm³/mol. The van der Waals surface area contributed by atoms with Gasteiger partial charge in [0.15, 0.2) is 0 Å². The van der Waals surface area contributed by atoms with Gasteiger partial charge in [-0.15, -0.1) is 0 Å². The lowest BCUT2D eigenvalue weighted by Gasteiger charge is -2.22. The van der Waals surface area contributed by atoms with Gasteiger partial charge in [0.2, 0.25) is 0 Å². The smallest absolute Gasteiger partial charge is 0.306 e. The molecule has 1 aromatic rings. The van der Waals surface area contributed by atoms with Gasteiger partial charge in [0.05, 0.1) is 0 Å². The molecule has 0 unspecified atom stereocenters. The Labute approximate surface area is 117 Å². The normalized spacial score (nSPS) is 23.4. The number of ether oxygens (including phenoxy) is 2. The number of hydrogen-bond donors (Lipinski definition) is 0. The van der Waals surface area contributed by atoms with Crippen molar-refractivity contribution in [3.05, 3.63) is 28.8 Å². The Bertz CT molecular complexity index is 492. The van der Waals surface area contributed by atoms with Gasteiger partial charge in [-0.25, -0.2) is 0 Å². The van der Waals surface area contributed by atoms with Crippen molar-refractivity contribution in [3.8, 4) is 5.75 Å². The van der Waals surface area contributed by atoms with Crippen LogP contribution < -0.4 is 4.74 Å². The van der Waals surface area contributed by atoms with Crippen LogP contribution in [0.5, 0.6) is 5.75 Å². The minimum Gasteiger partial charge on any atom is -0.492 e. The lowest BCUT2D eigenvalue weighted by atomic mass is 10.1. The first-order valence-corrected chi connectivity index (χ1v) is 6.91. The highest BCUT2D eigenvalue weighted by Crippen LogP contribution is 2.27. The average molecular weight is 282 g/mol. The first-order valence-electron chi connectivity index (χ1n) is 6.54. The van der Waals surface area contributed by atoms with Gasteiger partial charge in [-0.05, 0) is 24.6 Å². The van der Waals surface area contributed by atoms with Crippen molar-refractivity contribution >= 4 is 17.6 Å². The quantitative estimate of drug-likeness (QED) is 0.780. The molecule has 0 aromatic heterocycles. The van der Waals surface area contributed by atoms with Gasteiger partial charge in [0.1, 0.15) is 18.5 Å². The number of fused-ring (bicyclic) bond motifs is 1. The summed E-state index contributed by atoms with van der Waals surface area (Å²) in [6.45, 7) is 3.03. The van der Waals surface area contributed by atoms with Crippen LogP contribution >= 0.6 is 11.6 Å². The van der Waals surface area contributed by atoms with Crippen LogP contribution in [-0.2, 0) is 16.1 Å². The van der Waals surface area contributed by atoms with Crippen LogP contribution in [0.2, 0.25) is 5.02 Å². The molecule has 1 aromatic carbocycles. The van der Waals surface area contributed by atoms with Crippen LogP contribution in [0.3, 0.4) is 0 Å². The van der Waals surface area contributed by atoms with E-state index in [9.17, 15) is 4.79 Å². The molecule has 5 heteroatoms. The summed E-state index contributed by atoms with van der Waals surface area (Å²) < 4.78 is 11.0. The number of halogens is 1. The van der Waals surface area contributed by atoms with Crippen LogP contribution in [0.25, 0.3) is 0 Å². The number of rotatable bonds is 2. The summed E-state index contributed by atoms with van der Waals surface area (Å²) in [6, 6.07) is 5.70. The van der Waals surface area contributed by atoms with Gasteiger partial charge < -0.3 is 9.47 Å². The van der Waals surface area contributed by atoms with Crippen molar-refractivity contribution in [1.82, 2.24) is 4.90 Å². The molecule has 0 aliphatic carbocycles. The van der Waals surface area contributed by atoms with Crippen molar-refractivity contribution in [3.63, 3.8) is 0 Å². The summed E-state index contributed by atoms with van der Waals surface area (Å²) >= 11 is 6.02. The molecule has 2 aliphatic heterocycles. The average Bonchev–Trinajstić information content (AvgIpc) is 2.67. The molecule has 0 bridgehead atoms. The molecule has 4 nitrogen and oxygen atoms in total. The second-order valence-corrected chi connectivity index (χ2v) is 5.42. The Morgan fingerprint density at radius 2 is 2.32 bits per heavy atom. The van der Waals surface area contributed by atoms with E-state index in [1.165, 1.54) is 0 Å². The van der Waals surface area contributed by atoms with E-state index in [2.05, 4.69) is 4.90 Å². The van der Waals surface area contributed by atoms with Crippen LogP contribution in [0.4, 0.5) is 0 Å². The third-order valence-corrected chi connectivity index (χ3v) is 3.75.